The molecule has 0 amide bonds. The van der Waals surface area contributed by atoms with E-state index in [4.69, 9.17) is 0 Å². The Balaban J connectivity index is 1.33. The van der Waals surface area contributed by atoms with Crippen molar-refractivity contribution in [1.82, 2.24) is 0 Å². The fourth-order valence-corrected chi connectivity index (χ4v) is 9.26. The first-order valence-electron chi connectivity index (χ1n) is 14.9. The van der Waals surface area contributed by atoms with Crippen molar-refractivity contribution in [3.05, 3.63) is 163 Å². The van der Waals surface area contributed by atoms with Gasteiger partial charge in [0, 0.05) is 0 Å². The van der Waals surface area contributed by atoms with Gasteiger partial charge in [-0.05, 0) is 0 Å². The topological polar surface area (TPSA) is 3.24 Å². The van der Waals surface area contributed by atoms with Crippen LogP contribution in [0.25, 0.3) is 40.8 Å². The summed E-state index contributed by atoms with van der Waals surface area (Å²) in [6.07, 6.45) is 0. The van der Waals surface area contributed by atoms with E-state index in [1.807, 2.05) is 0 Å². The van der Waals surface area contributed by atoms with Crippen LogP contribution in [0, 0.1) is 0 Å². The Morgan fingerprint density at radius 2 is 1.07 bits per heavy atom. The van der Waals surface area contributed by atoms with Crippen LogP contribution in [-0.4, -0.2) is 14.5 Å². The molecule has 43 heavy (non-hydrogen) atoms. The van der Waals surface area contributed by atoms with Gasteiger partial charge in [0.05, 0.1) is 0 Å². The van der Waals surface area contributed by atoms with E-state index in [9.17, 15) is 0 Å². The molecule has 0 spiro atoms. The Kier molecular flexibility index (Phi) is 6.22. The number of fused-ring (bicyclic) bond motifs is 7. The van der Waals surface area contributed by atoms with Crippen LogP contribution in [0.2, 0.25) is 0 Å². The van der Waals surface area contributed by atoms with E-state index in [-0.39, 0.29) is 19.9 Å². The van der Waals surface area contributed by atoms with Crippen LogP contribution in [0.1, 0.15) is 25.0 Å². The van der Waals surface area contributed by atoms with E-state index in [1.165, 1.54) is 57.7 Å². The molecule has 1 aromatic heterocycles. The summed E-state index contributed by atoms with van der Waals surface area (Å²) in [5, 5.41) is 8.12. The first-order chi connectivity index (χ1) is 21.1. The second kappa shape index (κ2) is 10.3. The summed E-state index contributed by atoms with van der Waals surface area (Å²) in [5.74, 6) is 0. The fraction of sp³-hybridized carbons (Fsp3) is 0.0732. The molecule has 0 saturated carbocycles. The zero-order valence-corrected chi connectivity index (χ0v) is 26.0. The number of rotatable bonds is 5. The SMILES string of the molecule is CC(C)(c1ccccc1)c1ccc(N(c2ccccc2)c2cccc3c2ccc2ccc4c5ccccc5[se]c4c23)cc1. The van der Waals surface area contributed by atoms with Crippen LogP contribution >= 0.6 is 0 Å². The molecule has 0 aliphatic rings. The van der Waals surface area contributed by atoms with Crippen molar-refractivity contribution in [3.63, 3.8) is 0 Å². The molecule has 2 heteroatoms. The third kappa shape index (κ3) is 4.29. The van der Waals surface area contributed by atoms with Crippen molar-refractivity contribution >= 4 is 72.4 Å². The number of hydrogen-bond donors (Lipinski definition) is 0. The molecule has 0 saturated heterocycles. The Morgan fingerprint density at radius 1 is 0.465 bits per heavy atom. The minimum absolute atomic E-state index is 0.0879. The summed E-state index contributed by atoms with van der Waals surface area (Å²) >= 11 is 0.288. The summed E-state index contributed by atoms with van der Waals surface area (Å²) in [7, 11) is 0. The Morgan fingerprint density at radius 3 is 1.84 bits per heavy atom. The molecular formula is C41H31NSe. The van der Waals surface area contributed by atoms with Crippen molar-refractivity contribution in [3.8, 4) is 0 Å². The van der Waals surface area contributed by atoms with Gasteiger partial charge in [-0.3, -0.25) is 0 Å². The number of benzene rings is 7. The molecular weight excluding hydrogens is 585 g/mol. The summed E-state index contributed by atoms with van der Waals surface area (Å²) in [6.45, 7) is 4.61. The molecule has 0 fully saturated rings. The third-order valence-corrected chi connectivity index (χ3v) is 11.5. The van der Waals surface area contributed by atoms with Gasteiger partial charge in [0.1, 0.15) is 0 Å². The van der Waals surface area contributed by atoms with Gasteiger partial charge in [0.2, 0.25) is 0 Å². The molecule has 0 aliphatic heterocycles. The Hall–Kier alpha value is -4.62. The van der Waals surface area contributed by atoms with E-state index in [1.54, 1.807) is 0 Å². The predicted octanol–water partition coefficient (Wildman–Crippen LogP) is 11.2. The average Bonchev–Trinajstić information content (AvgIpc) is 3.45. The number of nitrogens with zero attached hydrogens (tertiary/aromatic N) is 1. The van der Waals surface area contributed by atoms with E-state index < -0.39 is 0 Å². The molecule has 0 aliphatic carbocycles. The summed E-state index contributed by atoms with van der Waals surface area (Å²) in [6, 6.07) is 55.7. The monoisotopic (exact) mass is 617 g/mol. The molecule has 206 valence electrons. The third-order valence-electron chi connectivity index (χ3n) is 8.96. The van der Waals surface area contributed by atoms with Crippen LogP contribution in [-0.2, 0) is 5.41 Å². The van der Waals surface area contributed by atoms with Crippen LogP contribution in [0.5, 0.6) is 0 Å². The number of hydrogen-bond acceptors (Lipinski definition) is 1. The molecule has 1 heterocycles. The normalized spacial score (nSPS) is 12.0. The van der Waals surface area contributed by atoms with Crippen molar-refractivity contribution < 1.29 is 0 Å². The van der Waals surface area contributed by atoms with Gasteiger partial charge in [0.15, 0.2) is 0 Å². The van der Waals surface area contributed by atoms with E-state index >= 15 is 0 Å². The minimum atomic E-state index is -0.0879. The van der Waals surface area contributed by atoms with Gasteiger partial charge in [-0.2, -0.15) is 0 Å². The first-order valence-corrected chi connectivity index (χ1v) is 16.6. The summed E-state index contributed by atoms with van der Waals surface area (Å²) in [5.41, 5.74) is 6.04. The maximum absolute atomic E-state index is 2.41. The summed E-state index contributed by atoms with van der Waals surface area (Å²) < 4.78 is 2.99. The Labute approximate surface area is 258 Å². The molecule has 8 aromatic rings. The zero-order chi connectivity index (χ0) is 29.0. The second-order valence-corrected chi connectivity index (χ2v) is 14.0. The molecule has 0 atom stereocenters. The molecule has 0 unspecified atom stereocenters. The van der Waals surface area contributed by atoms with Gasteiger partial charge in [-0.15, -0.1) is 0 Å². The van der Waals surface area contributed by atoms with Crippen molar-refractivity contribution in [2.75, 3.05) is 4.90 Å². The van der Waals surface area contributed by atoms with E-state index in [0.717, 1.165) is 11.4 Å². The first kappa shape index (κ1) is 26.0. The van der Waals surface area contributed by atoms with E-state index in [2.05, 4.69) is 170 Å². The number of para-hydroxylation sites is 1. The van der Waals surface area contributed by atoms with Crippen molar-refractivity contribution in [1.29, 1.82) is 0 Å². The van der Waals surface area contributed by atoms with Crippen molar-refractivity contribution in [2.24, 2.45) is 0 Å². The maximum atomic E-state index is 2.41. The standard InChI is InChI=1S/C41H31NSe/c1-41(2,29-12-5-3-6-13-29)30-22-24-32(25-23-30)42(31-14-7-4-8-15-31)37-18-11-17-35-33(37)26-20-28-21-27-36-34-16-9-10-19-38(34)43-40(36)39(28)35/h3-27H,1-2H3. The van der Waals surface area contributed by atoms with Crippen molar-refractivity contribution in [2.45, 2.75) is 19.3 Å². The van der Waals surface area contributed by atoms with Gasteiger partial charge < -0.3 is 0 Å². The summed E-state index contributed by atoms with van der Waals surface area (Å²) in [4.78, 5) is 2.41. The molecule has 7 aromatic carbocycles. The van der Waals surface area contributed by atoms with E-state index in [0.29, 0.717) is 0 Å². The van der Waals surface area contributed by atoms with Gasteiger partial charge in [-0.25, -0.2) is 0 Å². The Bertz CT molecular complexity index is 2240. The van der Waals surface area contributed by atoms with Crippen LogP contribution < -0.4 is 4.90 Å². The number of anilines is 3. The molecule has 8 rings (SSSR count). The van der Waals surface area contributed by atoms with Gasteiger partial charge >= 0.3 is 229 Å². The second-order valence-electron chi connectivity index (χ2n) is 11.8. The predicted molar refractivity (Wildman–Crippen MR) is 187 cm³/mol. The van der Waals surface area contributed by atoms with Gasteiger partial charge in [-0.1, -0.05) is 30.3 Å². The molecule has 0 radical (unpaired) electrons. The van der Waals surface area contributed by atoms with Crippen LogP contribution in [0.15, 0.2) is 152 Å². The average molecular weight is 617 g/mol. The molecule has 0 N–H and O–H groups in total. The van der Waals surface area contributed by atoms with Gasteiger partial charge in [0.25, 0.3) is 0 Å². The quantitative estimate of drug-likeness (QED) is 0.137. The fourth-order valence-electron chi connectivity index (χ4n) is 6.59. The van der Waals surface area contributed by atoms with Crippen LogP contribution in [0.4, 0.5) is 17.1 Å². The van der Waals surface area contributed by atoms with Crippen LogP contribution in [0.3, 0.4) is 0 Å². The zero-order valence-electron chi connectivity index (χ0n) is 24.3. The molecule has 0 bridgehead atoms. The molecule has 1 nitrogen and oxygen atoms in total.